The number of rotatable bonds is 9. The summed E-state index contributed by atoms with van der Waals surface area (Å²) < 4.78 is 10.7. The lowest BCUT2D eigenvalue weighted by Crippen LogP contribution is -2.22. The zero-order valence-corrected chi connectivity index (χ0v) is 11.6. The fourth-order valence-electron chi connectivity index (χ4n) is 1.57. The summed E-state index contributed by atoms with van der Waals surface area (Å²) in [7, 11) is 1.53. The fourth-order valence-corrected chi connectivity index (χ4v) is 1.57. The monoisotopic (exact) mass is 277 g/mol. The minimum atomic E-state index is -0.169. The summed E-state index contributed by atoms with van der Waals surface area (Å²) in [4.78, 5) is 21.6. The lowest BCUT2D eigenvalue weighted by atomic mass is 10.2. The van der Waals surface area contributed by atoms with Gasteiger partial charge in [-0.2, -0.15) is 0 Å². The first-order valence-electron chi connectivity index (χ1n) is 6.37. The summed E-state index contributed by atoms with van der Waals surface area (Å²) in [5.74, 6) is 0.972. The van der Waals surface area contributed by atoms with E-state index in [0.29, 0.717) is 30.2 Å². The molecule has 1 N–H and O–H groups in total. The maximum atomic E-state index is 10.9. The second kappa shape index (κ2) is 8.74. The number of benzene rings is 1. The Morgan fingerprint density at radius 3 is 2.80 bits per heavy atom. The minimum Gasteiger partial charge on any atom is -0.493 e. The number of hydrogen-bond acceptors (Lipinski definition) is 4. The molecule has 0 aliphatic heterocycles. The van der Waals surface area contributed by atoms with E-state index < -0.39 is 0 Å². The van der Waals surface area contributed by atoms with Crippen LogP contribution >= 0.6 is 0 Å². The summed E-state index contributed by atoms with van der Waals surface area (Å²) in [6.07, 6.45) is 3.62. The lowest BCUT2D eigenvalue weighted by molar-refractivity contribution is -0.116. The number of carbonyl (C=O) groups is 2. The van der Waals surface area contributed by atoms with Crippen molar-refractivity contribution >= 4 is 12.2 Å². The smallest absolute Gasteiger partial charge is 0.243 e. The van der Waals surface area contributed by atoms with E-state index in [1.54, 1.807) is 18.2 Å². The number of hydrogen-bond donors (Lipinski definition) is 1. The predicted octanol–water partition coefficient (Wildman–Crippen LogP) is 1.97. The van der Waals surface area contributed by atoms with Gasteiger partial charge in [0.2, 0.25) is 5.91 Å². The van der Waals surface area contributed by atoms with Crippen molar-refractivity contribution in [1.29, 1.82) is 0 Å². The Bertz CT molecular complexity index is 471. The van der Waals surface area contributed by atoms with E-state index in [1.807, 2.05) is 0 Å². The van der Waals surface area contributed by atoms with Gasteiger partial charge in [0.15, 0.2) is 11.5 Å². The van der Waals surface area contributed by atoms with E-state index >= 15 is 0 Å². The number of ether oxygens (including phenoxy) is 2. The standard InChI is InChI=1S/C15H19NO4/c1-3-15(18)16-8-4-5-9-20-13-7-6-12(11-17)10-14(13)19-2/h3,6-7,10-11H,1,4-5,8-9H2,2H3,(H,16,18). The molecule has 1 aromatic carbocycles. The molecule has 5 nitrogen and oxygen atoms in total. The molecule has 20 heavy (non-hydrogen) atoms. The van der Waals surface area contributed by atoms with Crippen LogP contribution in [0.25, 0.3) is 0 Å². The summed E-state index contributed by atoms with van der Waals surface area (Å²) in [5.41, 5.74) is 0.543. The van der Waals surface area contributed by atoms with Crippen LogP contribution in [0.2, 0.25) is 0 Å². The summed E-state index contributed by atoms with van der Waals surface area (Å²) in [6, 6.07) is 5.02. The Kier molecular flexibility index (Phi) is 6.89. The molecular formula is C15H19NO4. The number of carbonyl (C=O) groups excluding carboxylic acids is 2. The van der Waals surface area contributed by atoms with Crippen molar-refractivity contribution in [1.82, 2.24) is 5.32 Å². The molecule has 0 bridgehead atoms. The molecule has 0 radical (unpaired) electrons. The van der Waals surface area contributed by atoms with Crippen LogP contribution in [0.4, 0.5) is 0 Å². The highest BCUT2D eigenvalue weighted by Gasteiger charge is 2.05. The summed E-state index contributed by atoms with van der Waals surface area (Å²) >= 11 is 0. The quantitative estimate of drug-likeness (QED) is 0.426. The molecule has 0 saturated heterocycles. The Morgan fingerprint density at radius 1 is 1.35 bits per heavy atom. The molecule has 0 heterocycles. The third kappa shape index (κ3) is 5.14. The highest BCUT2D eigenvalue weighted by molar-refractivity contribution is 5.86. The normalized spacial score (nSPS) is 9.65. The van der Waals surface area contributed by atoms with E-state index in [1.165, 1.54) is 13.2 Å². The largest absolute Gasteiger partial charge is 0.493 e. The van der Waals surface area contributed by atoms with Crippen LogP contribution in [0.1, 0.15) is 23.2 Å². The average molecular weight is 277 g/mol. The molecule has 0 aromatic heterocycles. The van der Waals surface area contributed by atoms with Crippen molar-refractivity contribution < 1.29 is 19.1 Å². The zero-order chi connectivity index (χ0) is 14.8. The van der Waals surface area contributed by atoms with E-state index in [2.05, 4.69) is 11.9 Å². The molecule has 1 aromatic rings. The Labute approximate surface area is 118 Å². The molecule has 0 fully saturated rings. The molecule has 0 atom stereocenters. The molecule has 5 heteroatoms. The van der Waals surface area contributed by atoms with Gasteiger partial charge in [0.25, 0.3) is 0 Å². The molecule has 0 unspecified atom stereocenters. The molecule has 1 amide bonds. The molecule has 0 aliphatic carbocycles. The number of nitrogens with one attached hydrogen (secondary N) is 1. The van der Waals surface area contributed by atoms with Crippen LogP contribution in [-0.2, 0) is 4.79 Å². The topological polar surface area (TPSA) is 64.6 Å². The van der Waals surface area contributed by atoms with Gasteiger partial charge in [-0.15, -0.1) is 0 Å². The van der Waals surface area contributed by atoms with Crippen LogP contribution in [0.5, 0.6) is 11.5 Å². The van der Waals surface area contributed by atoms with Crippen molar-refractivity contribution in [2.24, 2.45) is 0 Å². The Hall–Kier alpha value is -2.30. The van der Waals surface area contributed by atoms with Crippen LogP contribution in [0.15, 0.2) is 30.9 Å². The van der Waals surface area contributed by atoms with Crippen molar-refractivity contribution in [2.45, 2.75) is 12.8 Å². The van der Waals surface area contributed by atoms with Gasteiger partial charge in [-0.3, -0.25) is 9.59 Å². The predicted molar refractivity (Wildman–Crippen MR) is 76.3 cm³/mol. The van der Waals surface area contributed by atoms with Crippen LogP contribution < -0.4 is 14.8 Å². The number of amides is 1. The first-order chi connectivity index (χ1) is 9.71. The summed E-state index contributed by atoms with van der Waals surface area (Å²) in [5, 5.41) is 2.69. The van der Waals surface area contributed by atoms with Gasteiger partial charge in [-0.25, -0.2) is 0 Å². The summed E-state index contributed by atoms with van der Waals surface area (Å²) in [6.45, 7) is 4.48. The Balaban J connectivity index is 2.33. The van der Waals surface area contributed by atoms with Crippen molar-refractivity contribution in [3.05, 3.63) is 36.4 Å². The molecule has 0 saturated carbocycles. The maximum Gasteiger partial charge on any atom is 0.243 e. The number of methoxy groups -OCH3 is 1. The van der Waals surface area contributed by atoms with E-state index in [-0.39, 0.29) is 5.91 Å². The first-order valence-corrected chi connectivity index (χ1v) is 6.37. The van der Waals surface area contributed by atoms with Gasteiger partial charge in [-0.05, 0) is 37.1 Å². The van der Waals surface area contributed by atoms with Gasteiger partial charge in [0.1, 0.15) is 6.29 Å². The minimum absolute atomic E-state index is 0.169. The average Bonchev–Trinajstić information content (AvgIpc) is 2.50. The number of unbranched alkanes of at least 4 members (excludes halogenated alkanes) is 1. The second-order valence-corrected chi connectivity index (χ2v) is 4.08. The number of aldehydes is 1. The van der Waals surface area contributed by atoms with Crippen molar-refractivity contribution in [2.75, 3.05) is 20.3 Å². The van der Waals surface area contributed by atoms with Crippen LogP contribution in [-0.4, -0.2) is 32.5 Å². The highest BCUT2D eigenvalue weighted by atomic mass is 16.5. The van der Waals surface area contributed by atoms with E-state index in [0.717, 1.165) is 19.1 Å². The third-order valence-corrected chi connectivity index (χ3v) is 2.64. The van der Waals surface area contributed by atoms with Gasteiger partial charge in [0.05, 0.1) is 13.7 Å². The van der Waals surface area contributed by atoms with Gasteiger partial charge in [0, 0.05) is 12.1 Å². The van der Waals surface area contributed by atoms with Crippen molar-refractivity contribution in [3.63, 3.8) is 0 Å². The molecule has 0 spiro atoms. The molecule has 0 aliphatic rings. The Morgan fingerprint density at radius 2 is 2.15 bits per heavy atom. The second-order valence-electron chi connectivity index (χ2n) is 4.08. The SMILES string of the molecule is C=CC(=O)NCCCCOc1ccc(C=O)cc1OC. The highest BCUT2D eigenvalue weighted by Crippen LogP contribution is 2.27. The third-order valence-electron chi connectivity index (χ3n) is 2.64. The van der Waals surface area contributed by atoms with E-state index in [9.17, 15) is 9.59 Å². The van der Waals surface area contributed by atoms with Gasteiger partial charge < -0.3 is 14.8 Å². The van der Waals surface area contributed by atoms with Crippen LogP contribution in [0.3, 0.4) is 0 Å². The van der Waals surface area contributed by atoms with Gasteiger partial charge in [-0.1, -0.05) is 6.58 Å². The first kappa shape index (κ1) is 15.8. The molecule has 1 rings (SSSR count). The van der Waals surface area contributed by atoms with Crippen LogP contribution in [0, 0.1) is 0 Å². The zero-order valence-electron chi connectivity index (χ0n) is 11.6. The fraction of sp³-hybridized carbons (Fsp3) is 0.333. The van der Waals surface area contributed by atoms with Crippen molar-refractivity contribution in [3.8, 4) is 11.5 Å². The van der Waals surface area contributed by atoms with E-state index in [4.69, 9.17) is 9.47 Å². The van der Waals surface area contributed by atoms with Gasteiger partial charge >= 0.3 is 0 Å². The molecule has 108 valence electrons. The molecular weight excluding hydrogens is 258 g/mol. The lowest BCUT2D eigenvalue weighted by Gasteiger charge is -2.11. The maximum absolute atomic E-state index is 10.9.